The van der Waals surface area contributed by atoms with Crippen molar-refractivity contribution in [2.75, 3.05) is 13.1 Å². The maximum absolute atomic E-state index is 12.5. The van der Waals surface area contributed by atoms with Crippen LogP contribution in [-0.2, 0) is 0 Å². The van der Waals surface area contributed by atoms with Crippen LogP contribution in [0.5, 0.6) is 0 Å². The topological polar surface area (TPSA) is 23.5 Å². The zero-order valence-corrected chi connectivity index (χ0v) is 12.3. The molecule has 5 heteroatoms. The largest absolute Gasteiger partial charge is 0.401 e. The molecule has 0 saturated heterocycles. The van der Waals surface area contributed by atoms with E-state index in [1.807, 2.05) is 32.0 Å². The molecule has 1 unspecified atom stereocenters. The van der Waals surface area contributed by atoms with E-state index in [2.05, 4.69) is 0 Å². The summed E-state index contributed by atoms with van der Waals surface area (Å²) < 4.78 is 37.6. The van der Waals surface area contributed by atoms with Gasteiger partial charge in [0, 0.05) is 12.6 Å². The van der Waals surface area contributed by atoms with E-state index in [9.17, 15) is 18.3 Å². The molecule has 1 aromatic rings. The lowest BCUT2D eigenvalue weighted by Crippen LogP contribution is -2.41. The van der Waals surface area contributed by atoms with Gasteiger partial charge in [-0.25, -0.2) is 0 Å². The normalized spacial score (nSPS) is 14.1. The highest BCUT2D eigenvalue weighted by atomic mass is 19.4. The van der Waals surface area contributed by atoms with Crippen LogP contribution in [0.4, 0.5) is 13.2 Å². The third-order valence-corrected chi connectivity index (χ3v) is 3.31. The molecule has 0 aliphatic carbocycles. The molecule has 0 saturated carbocycles. The van der Waals surface area contributed by atoms with E-state index in [1.54, 1.807) is 13.8 Å². The first-order valence-electron chi connectivity index (χ1n) is 6.66. The van der Waals surface area contributed by atoms with Gasteiger partial charge in [0.1, 0.15) is 0 Å². The van der Waals surface area contributed by atoms with Crippen molar-refractivity contribution in [1.29, 1.82) is 0 Å². The van der Waals surface area contributed by atoms with Crippen molar-refractivity contribution in [2.45, 2.75) is 46.0 Å². The summed E-state index contributed by atoms with van der Waals surface area (Å²) in [7, 11) is 0. The molecular weight excluding hydrogens is 267 g/mol. The molecule has 0 aromatic heterocycles. The number of alkyl halides is 3. The summed E-state index contributed by atoms with van der Waals surface area (Å²) >= 11 is 0. The molecule has 0 spiro atoms. The van der Waals surface area contributed by atoms with Crippen LogP contribution < -0.4 is 0 Å². The van der Waals surface area contributed by atoms with Gasteiger partial charge in [0.15, 0.2) is 0 Å². The number of nitrogens with zero attached hydrogens (tertiary/aromatic N) is 1. The van der Waals surface area contributed by atoms with Gasteiger partial charge < -0.3 is 5.11 Å². The maximum atomic E-state index is 12.5. The lowest BCUT2D eigenvalue weighted by Gasteiger charge is -2.30. The molecule has 1 aromatic carbocycles. The van der Waals surface area contributed by atoms with Crippen LogP contribution in [0.25, 0.3) is 0 Å². The highest BCUT2D eigenvalue weighted by Crippen LogP contribution is 2.24. The predicted octanol–water partition coefficient (Wildman–Crippen LogP) is 3.61. The first-order chi connectivity index (χ1) is 9.10. The summed E-state index contributed by atoms with van der Waals surface area (Å²) in [6, 6.07) is 5.33. The number of aliphatic hydroxyl groups excluding tert-OH is 1. The van der Waals surface area contributed by atoms with Crippen LogP contribution in [0, 0.1) is 13.8 Å². The fraction of sp³-hybridized carbons (Fsp3) is 0.600. The van der Waals surface area contributed by atoms with Crippen molar-refractivity contribution in [3.8, 4) is 0 Å². The summed E-state index contributed by atoms with van der Waals surface area (Å²) in [5, 5.41) is 10.2. The molecule has 0 aliphatic rings. The average molecular weight is 289 g/mol. The molecule has 1 rings (SSSR count). The van der Waals surface area contributed by atoms with E-state index in [0.29, 0.717) is 5.56 Å². The third kappa shape index (κ3) is 5.13. The standard InChI is InChI=1S/C15H22F3NO/c1-10(2)19(9-15(16,17)18)8-14(20)13-7-11(3)5-6-12(13)4/h5-7,10,14,20H,8-9H2,1-4H3. The van der Waals surface area contributed by atoms with Crippen LogP contribution in [-0.4, -0.2) is 35.3 Å². The summed E-state index contributed by atoms with van der Waals surface area (Å²) in [4.78, 5) is 1.24. The second-order valence-corrected chi connectivity index (χ2v) is 5.51. The molecule has 2 nitrogen and oxygen atoms in total. The number of hydrogen-bond acceptors (Lipinski definition) is 2. The number of halogens is 3. The Hall–Kier alpha value is -1.07. The second-order valence-electron chi connectivity index (χ2n) is 5.51. The number of aliphatic hydroxyl groups is 1. The molecule has 0 bridgehead atoms. The Labute approximate surface area is 118 Å². The number of rotatable bonds is 5. The summed E-state index contributed by atoms with van der Waals surface area (Å²) in [6.07, 6.45) is -5.18. The minimum atomic E-state index is -4.26. The van der Waals surface area contributed by atoms with Crippen LogP contribution in [0.3, 0.4) is 0 Å². The Bertz CT molecular complexity index is 443. The average Bonchev–Trinajstić information content (AvgIpc) is 2.29. The van der Waals surface area contributed by atoms with E-state index in [1.165, 1.54) is 4.90 Å². The van der Waals surface area contributed by atoms with Crippen molar-refractivity contribution >= 4 is 0 Å². The van der Waals surface area contributed by atoms with E-state index < -0.39 is 18.8 Å². The van der Waals surface area contributed by atoms with Gasteiger partial charge in [-0.05, 0) is 38.8 Å². The molecule has 0 radical (unpaired) electrons. The zero-order valence-electron chi connectivity index (χ0n) is 12.3. The molecule has 114 valence electrons. The Morgan fingerprint density at radius 2 is 1.80 bits per heavy atom. The summed E-state index contributed by atoms with van der Waals surface area (Å²) in [5.41, 5.74) is 2.56. The Kier molecular flexibility index (Phi) is 5.59. The highest BCUT2D eigenvalue weighted by molar-refractivity contribution is 5.32. The zero-order chi connectivity index (χ0) is 15.5. The molecule has 0 amide bonds. The Balaban J connectivity index is 2.85. The monoisotopic (exact) mass is 289 g/mol. The molecule has 0 heterocycles. The van der Waals surface area contributed by atoms with Crippen LogP contribution >= 0.6 is 0 Å². The molecule has 20 heavy (non-hydrogen) atoms. The second kappa shape index (κ2) is 6.59. The van der Waals surface area contributed by atoms with Crippen molar-refractivity contribution in [2.24, 2.45) is 0 Å². The maximum Gasteiger partial charge on any atom is 0.401 e. The first kappa shape index (κ1) is 17.0. The van der Waals surface area contributed by atoms with Gasteiger partial charge in [-0.3, -0.25) is 4.90 Å². The smallest absolute Gasteiger partial charge is 0.387 e. The molecule has 0 aliphatic heterocycles. The number of aryl methyl sites for hydroxylation is 2. The highest BCUT2D eigenvalue weighted by Gasteiger charge is 2.32. The fourth-order valence-electron chi connectivity index (χ4n) is 2.13. The molecular formula is C15H22F3NO. The SMILES string of the molecule is Cc1ccc(C)c(C(O)CN(CC(F)(F)F)C(C)C)c1. The minimum absolute atomic E-state index is 0.0263. The predicted molar refractivity (Wildman–Crippen MR) is 73.6 cm³/mol. The van der Waals surface area contributed by atoms with E-state index in [-0.39, 0.29) is 12.6 Å². The molecule has 1 N–H and O–H groups in total. The van der Waals surface area contributed by atoms with E-state index >= 15 is 0 Å². The Morgan fingerprint density at radius 1 is 1.20 bits per heavy atom. The van der Waals surface area contributed by atoms with Crippen molar-refractivity contribution in [1.82, 2.24) is 4.90 Å². The molecule has 1 atom stereocenters. The quantitative estimate of drug-likeness (QED) is 0.895. The van der Waals surface area contributed by atoms with Crippen molar-refractivity contribution < 1.29 is 18.3 Å². The van der Waals surface area contributed by atoms with Crippen molar-refractivity contribution in [3.05, 3.63) is 34.9 Å². The van der Waals surface area contributed by atoms with Crippen LogP contribution in [0.2, 0.25) is 0 Å². The Morgan fingerprint density at radius 3 is 2.30 bits per heavy atom. The van der Waals surface area contributed by atoms with Gasteiger partial charge in [-0.1, -0.05) is 23.8 Å². The van der Waals surface area contributed by atoms with Crippen LogP contribution in [0.1, 0.15) is 36.6 Å². The van der Waals surface area contributed by atoms with Gasteiger partial charge in [-0.2, -0.15) is 13.2 Å². The lowest BCUT2D eigenvalue weighted by molar-refractivity contribution is -0.152. The molecule has 0 fully saturated rings. The van der Waals surface area contributed by atoms with Gasteiger partial charge in [0.05, 0.1) is 12.6 Å². The van der Waals surface area contributed by atoms with Crippen LogP contribution in [0.15, 0.2) is 18.2 Å². The first-order valence-corrected chi connectivity index (χ1v) is 6.66. The third-order valence-electron chi connectivity index (χ3n) is 3.31. The van der Waals surface area contributed by atoms with E-state index in [4.69, 9.17) is 0 Å². The minimum Gasteiger partial charge on any atom is -0.387 e. The van der Waals surface area contributed by atoms with E-state index in [0.717, 1.165) is 11.1 Å². The van der Waals surface area contributed by atoms with Gasteiger partial charge >= 0.3 is 6.18 Å². The number of hydrogen-bond donors (Lipinski definition) is 1. The van der Waals surface area contributed by atoms with Gasteiger partial charge in [0.25, 0.3) is 0 Å². The van der Waals surface area contributed by atoms with Crippen molar-refractivity contribution in [3.63, 3.8) is 0 Å². The number of benzene rings is 1. The van der Waals surface area contributed by atoms with Gasteiger partial charge in [0.2, 0.25) is 0 Å². The lowest BCUT2D eigenvalue weighted by atomic mass is 10.00. The van der Waals surface area contributed by atoms with Gasteiger partial charge in [-0.15, -0.1) is 0 Å². The summed E-state index contributed by atoms with van der Waals surface area (Å²) in [5.74, 6) is 0. The summed E-state index contributed by atoms with van der Waals surface area (Å²) in [6.45, 7) is 6.10. The fourth-order valence-corrected chi connectivity index (χ4v) is 2.13.